The minimum absolute atomic E-state index is 0.238. The van der Waals surface area contributed by atoms with Gasteiger partial charge in [-0.2, -0.15) is 0 Å². The normalized spacial score (nSPS) is 20.7. The third-order valence-corrected chi connectivity index (χ3v) is 4.05. The SMILES string of the molecule is O=C1Nc2ccc(Cl)cc2C1(Cl)c1cccc(F)c1F. The maximum Gasteiger partial charge on any atom is 0.254 e. The van der Waals surface area contributed by atoms with Gasteiger partial charge >= 0.3 is 0 Å². The van der Waals surface area contributed by atoms with E-state index in [-0.39, 0.29) is 5.56 Å². The molecular formula is C14H7Cl2F2NO. The highest BCUT2D eigenvalue weighted by Crippen LogP contribution is 2.47. The van der Waals surface area contributed by atoms with Crippen LogP contribution in [0.5, 0.6) is 0 Å². The van der Waals surface area contributed by atoms with Crippen LogP contribution in [0.25, 0.3) is 0 Å². The van der Waals surface area contributed by atoms with E-state index < -0.39 is 22.4 Å². The van der Waals surface area contributed by atoms with Gasteiger partial charge in [0.25, 0.3) is 5.91 Å². The number of anilines is 1. The van der Waals surface area contributed by atoms with Gasteiger partial charge in [0.15, 0.2) is 16.5 Å². The number of carbonyl (C=O) groups excluding carboxylic acids is 1. The molecule has 0 aromatic heterocycles. The van der Waals surface area contributed by atoms with Crippen molar-refractivity contribution in [1.29, 1.82) is 0 Å². The van der Waals surface area contributed by atoms with Gasteiger partial charge in [0.05, 0.1) is 0 Å². The number of fused-ring (bicyclic) bond motifs is 1. The molecule has 2 aromatic carbocycles. The molecule has 0 fully saturated rings. The van der Waals surface area contributed by atoms with Crippen LogP contribution in [0, 0.1) is 11.6 Å². The van der Waals surface area contributed by atoms with Crippen LogP contribution in [0.2, 0.25) is 5.02 Å². The number of carbonyl (C=O) groups is 1. The molecule has 2 aromatic rings. The summed E-state index contributed by atoms with van der Waals surface area (Å²) in [5.74, 6) is -2.85. The fourth-order valence-electron chi connectivity index (χ4n) is 2.28. The van der Waals surface area contributed by atoms with Crippen LogP contribution in [0.4, 0.5) is 14.5 Å². The molecule has 2 nitrogen and oxygen atoms in total. The molecule has 1 atom stereocenters. The molecule has 1 aliphatic heterocycles. The minimum Gasteiger partial charge on any atom is -0.324 e. The van der Waals surface area contributed by atoms with E-state index in [1.54, 1.807) is 12.1 Å². The fourth-order valence-corrected chi connectivity index (χ4v) is 2.80. The zero-order valence-electron chi connectivity index (χ0n) is 9.88. The van der Waals surface area contributed by atoms with Crippen molar-refractivity contribution < 1.29 is 13.6 Å². The van der Waals surface area contributed by atoms with Gasteiger partial charge in [0, 0.05) is 21.8 Å². The molecule has 0 bridgehead atoms. The van der Waals surface area contributed by atoms with Crippen molar-refractivity contribution >= 4 is 34.8 Å². The van der Waals surface area contributed by atoms with Crippen molar-refractivity contribution in [3.8, 4) is 0 Å². The van der Waals surface area contributed by atoms with Crippen LogP contribution in [0.15, 0.2) is 36.4 Å². The quantitative estimate of drug-likeness (QED) is 0.791. The lowest BCUT2D eigenvalue weighted by Crippen LogP contribution is -2.31. The zero-order valence-corrected chi connectivity index (χ0v) is 11.4. The Labute approximate surface area is 123 Å². The Morgan fingerprint density at radius 1 is 1.10 bits per heavy atom. The molecule has 1 aliphatic rings. The molecule has 1 N–H and O–H groups in total. The molecule has 1 amide bonds. The van der Waals surface area contributed by atoms with E-state index in [1.165, 1.54) is 18.2 Å². The van der Waals surface area contributed by atoms with E-state index in [4.69, 9.17) is 23.2 Å². The average Bonchev–Trinajstić information content (AvgIpc) is 2.66. The predicted molar refractivity (Wildman–Crippen MR) is 73.1 cm³/mol. The standard InChI is InChI=1S/C14H7Cl2F2NO/c15-7-4-5-11-9(6-7)14(16,13(20)19-11)8-2-1-3-10(17)12(8)18/h1-6H,(H,19,20). The number of alkyl halides is 1. The van der Waals surface area contributed by atoms with Crippen molar-refractivity contribution in [2.75, 3.05) is 5.32 Å². The second-order valence-corrected chi connectivity index (χ2v) is 5.41. The summed E-state index contributed by atoms with van der Waals surface area (Å²) >= 11 is 12.2. The van der Waals surface area contributed by atoms with E-state index in [0.717, 1.165) is 6.07 Å². The Morgan fingerprint density at radius 2 is 1.85 bits per heavy atom. The first kappa shape index (κ1) is 13.3. The van der Waals surface area contributed by atoms with Crippen molar-refractivity contribution in [2.45, 2.75) is 4.87 Å². The molecule has 0 spiro atoms. The molecule has 0 saturated heterocycles. The van der Waals surface area contributed by atoms with Crippen molar-refractivity contribution in [3.63, 3.8) is 0 Å². The number of amides is 1. The monoisotopic (exact) mass is 313 g/mol. The summed E-state index contributed by atoms with van der Waals surface area (Å²) < 4.78 is 27.4. The summed E-state index contributed by atoms with van der Waals surface area (Å²) in [6.45, 7) is 0. The van der Waals surface area contributed by atoms with Crippen molar-refractivity contribution in [1.82, 2.24) is 0 Å². The maximum absolute atomic E-state index is 14.0. The highest BCUT2D eigenvalue weighted by atomic mass is 35.5. The largest absolute Gasteiger partial charge is 0.324 e. The summed E-state index contributed by atoms with van der Waals surface area (Å²) in [5, 5.41) is 2.89. The van der Waals surface area contributed by atoms with Crippen molar-refractivity contribution in [3.05, 3.63) is 64.2 Å². The van der Waals surface area contributed by atoms with Crippen LogP contribution >= 0.6 is 23.2 Å². The zero-order chi connectivity index (χ0) is 14.5. The molecule has 20 heavy (non-hydrogen) atoms. The van der Waals surface area contributed by atoms with Gasteiger partial charge in [-0.15, -0.1) is 0 Å². The number of hydrogen-bond donors (Lipinski definition) is 1. The lowest BCUT2D eigenvalue weighted by Gasteiger charge is -2.21. The summed E-state index contributed by atoms with van der Waals surface area (Å²) in [4.78, 5) is 10.3. The van der Waals surface area contributed by atoms with Gasteiger partial charge in [-0.05, 0) is 24.3 Å². The summed E-state index contributed by atoms with van der Waals surface area (Å²) in [6, 6.07) is 8.15. The number of hydrogen-bond acceptors (Lipinski definition) is 1. The highest BCUT2D eigenvalue weighted by Gasteiger charge is 2.49. The second kappa shape index (κ2) is 4.43. The number of halogens is 4. The Hall–Kier alpha value is -1.65. The second-order valence-electron chi connectivity index (χ2n) is 4.40. The Bertz CT molecular complexity index is 735. The van der Waals surface area contributed by atoms with Crippen molar-refractivity contribution in [2.24, 2.45) is 0 Å². The minimum atomic E-state index is -1.83. The molecule has 102 valence electrons. The molecule has 1 heterocycles. The van der Waals surface area contributed by atoms with Crippen LogP contribution < -0.4 is 5.32 Å². The summed E-state index contributed by atoms with van der Waals surface area (Å²) in [5.41, 5.74) is 0.497. The lowest BCUT2D eigenvalue weighted by molar-refractivity contribution is -0.117. The summed E-state index contributed by atoms with van der Waals surface area (Å²) in [7, 11) is 0. The van der Waals surface area contributed by atoms with E-state index in [9.17, 15) is 13.6 Å². The predicted octanol–water partition coefficient (Wildman–Crippen LogP) is 4.05. The molecule has 1 unspecified atom stereocenters. The topological polar surface area (TPSA) is 29.1 Å². The first-order valence-corrected chi connectivity index (χ1v) is 6.45. The lowest BCUT2D eigenvalue weighted by atomic mass is 9.91. The van der Waals surface area contributed by atoms with Gasteiger partial charge in [-0.25, -0.2) is 8.78 Å². The molecule has 3 rings (SSSR count). The van der Waals surface area contributed by atoms with E-state index >= 15 is 0 Å². The van der Waals surface area contributed by atoms with Gasteiger partial charge in [0.1, 0.15) is 0 Å². The first-order chi connectivity index (χ1) is 9.44. The highest BCUT2D eigenvalue weighted by molar-refractivity contribution is 6.41. The number of rotatable bonds is 1. The number of nitrogens with one attached hydrogen (secondary N) is 1. The molecular weight excluding hydrogens is 307 g/mol. The van der Waals surface area contributed by atoms with Crippen LogP contribution in [0.1, 0.15) is 11.1 Å². The maximum atomic E-state index is 14.0. The smallest absolute Gasteiger partial charge is 0.254 e. The first-order valence-electron chi connectivity index (χ1n) is 5.69. The molecule has 0 saturated carbocycles. The summed E-state index contributed by atoms with van der Waals surface area (Å²) in [6.07, 6.45) is 0. The van der Waals surface area contributed by atoms with Gasteiger partial charge in [-0.3, -0.25) is 4.79 Å². The van der Waals surface area contributed by atoms with Gasteiger partial charge in [0.2, 0.25) is 0 Å². The number of benzene rings is 2. The Morgan fingerprint density at radius 3 is 2.60 bits per heavy atom. The van der Waals surface area contributed by atoms with Crippen LogP contribution in [-0.2, 0) is 9.67 Å². The Balaban J connectivity index is 2.30. The molecule has 6 heteroatoms. The van der Waals surface area contributed by atoms with Gasteiger partial charge in [-0.1, -0.05) is 35.3 Å². The third-order valence-electron chi connectivity index (χ3n) is 3.24. The van der Waals surface area contributed by atoms with E-state index in [1.807, 2.05) is 0 Å². The average molecular weight is 314 g/mol. The van der Waals surface area contributed by atoms with E-state index in [0.29, 0.717) is 16.3 Å². The van der Waals surface area contributed by atoms with E-state index in [2.05, 4.69) is 5.32 Å². The molecule has 0 aliphatic carbocycles. The fraction of sp³-hybridized carbons (Fsp3) is 0.0714. The van der Waals surface area contributed by atoms with Gasteiger partial charge < -0.3 is 5.32 Å². The third kappa shape index (κ3) is 1.72. The van der Waals surface area contributed by atoms with Crippen LogP contribution in [0.3, 0.4) is 0 Å². The molecule has 0 radical (unpaired) electrons. The Kier molecular flexibility index (Phi) is 2.96. The van der Waals surface area contributed by atoms with Crippen LogP contribution in [-0.4, -0.2) is 5.91 Å².